The van der Waals surface area contributed by atoms with Gasteiger partial charge in [0.2, 0.25) is 0 Å². The molecule has 0 aliphatic carbocycles. The van der Waals surface area contributed by atoms with E-state index in [2.05, 4.69) is 24.1 Å². The van der Waals surface area contributed by atoms with Gasteiger partial charge in [-0.1, -0.05) is 13.8 Å². The fourth-order valence-corrected chi connectivity index (χ4v) is 2.94. The van der Waals surface area contributed by atoms with Crippen molar-refractivity contribution >= 4 is 11.6 Å². The molecule has 22 heavy (non-hydrogen) atoms. The van der Waals surface area contributed by atoms with E-state index in [0.29, 0.717) is 17.9 Å². The van der Waals surface area contributed by atoms with Crippen molar-refractivity contribution in [1.82, 2.24) is 5.32 Å². The number of amides is 1. The van der Waals surface area contributed by atoms with Gasteiger partial charge in [0.1, 0.15) is 0 Å². The third-order valence-corrected chi connectivity index (χ3v) is 4.41. The summed E-state index contributed by atoms with van der Waals surface area (Å²) in [5.74, 6) is 0.251. The molecule has 4 heteroatoms. The maximum Gasteiger partial charge on any atom is 0.251 e. The first-order valence-electron chi connectivity index (χ1n) is 8.38. The summed E-state index contributed by atoms with van der Waals surface area (Å²) in [5.41, 5.74) is 1.89. The molecule has 0 aromatic heterocycles. The van der Waals surface area contributed by atoms with E-state index >= 15 is 0 Å². The summed E-state index contributed by atoms with van der Waals surface area (Å²) in [7, 11) is 0. The van der Waals surface area contributed by atoms with Crippen molar-refractivity contribution in [2.45, 2.75) is 45.6 Å². The summed E-state index contributed by atoms with van der Waals surface area (Å²) in [5, 5.41) is 12.1. The van der Waals surface area contributed by atoms with Crippen molar-refractivity contribution < 1.29 is 9.90 Å². The van der Waals surface area contributed by atoms with Crippen molar-refractivity contribution in [2.75, 3.05) is 24.6 Å². The van der Waals surface area contributed by atoms with Crippen molar-refractivity contribution in [3.63, 3.8) is 0 Å². The van der Waals surface area contributed by atoms with Crippen molar-refractivity contribution in [3.8, 4) is 0 Å². The molecule has 1 fully saturated rings. The quantitative estimate of drug-likeness (QED) is 0.849. The Balaban J connectivity index is 1.98. The van der Waals surface area contributed by atoms with Gasteiger partial charge in [-0.2, -0.15) is 0 Å². The SMILES string of the molecule is CC(C)C(CCO)NC(=O)c1ccc(N2CCCCC2)cc1. The number of aliphatic hydroxyl groups excluding tert-OH is 1. The van der Waals surface area contributed by atoms with Gasteiger partial charge in [-0.3, -0.25) is 4.79 Å². The van der Waals surface area contributed by atoms with E-state index in [1.165, 1.54) is 24.9 Å². The Morgan fingerprint density at radius 1 is 1.18 bits per heavy atom. The average Bonchev–Trinajstić information content (AvgIpc) is 2.55. The summed E-state index contributed by atoms with van der Waals surface area (Å²) in [6.45, 7) is 6.42. The van der Waals surface area contributed by atoms with Crippen LogP contribution in [0.3, 0.4) is 0 Å². The number of hydrogen-bond acceptors (Lipinski definition) is 3. The Morgan fingerprint density at radius 2 is 1.82 bits per heavy atom. The van der Waals surface area contributed by atoms with Crippen LogP contribution in [-0.2, 0) is 0 Å². The van der Waals surface area contributed by atoms with Crippen LogP contribution in [0.1, 0.15) is 49.9 Å². The molecule has 0 saturated carbocycles. The number of nitrogens with zero attached hydrogens (tertiary/aromatic N) is 1. The predicted molar refractivity (Wildman–Crippen MR) is 90.3 cm³/mol. The minimum atomic E-state index is -0.0580. The molecule has 1 heterocycles. The third-order valence-electron chi connectivity index (χ3n) is 4.41. The lowest BCUT2D eigenvalue weighted by molar-refractivity contribution is 0.0916. The van der Waals surface area contributed by atoms with Gasteiger partial charge in [0.05, 0.1) is 0 Å². The number of anilines is 1. The summed E-state index contributed by atoms with van der Waals surface area (Å²) < 4.78 is 0. The van der Waals surface area contributed by atoms with Gasteiger partial charge in [-0.05, 0) is 55.9 Å². The van der Waals surface area contributed by atoms with Crippen molar-refractivity contribution in [3.05, 3.63) is 29.8 Å². The van der Waals surface area contributed by atoms with Crippen LogP contribution in [0.15, 0.2) is 24.3 Å². The lowest BCUT2D eigenvalue weighted by Gasteiger charge is -2.29. The Hall–Kier alpha value is -1.55. The number of carbonyl (C=O) groups is 1. The molecule has 0 spiro atoms. The van der Waals surface area contributed by atoms with Crippen LogP contribution in [0.4, 0.5) is 5.69 Å². The summed E-state index contributed by atoms with van der Waals surface area (Å²) >= 11 is 0. The zero-order valence-corrected chi connectivity index (χ0v) is 13.7. The first-order chi connectivity index (χ1) is 10.6. The van der Waals surface area contributed by atoms with Gasteiger partial charge in [0.25, 0.3) is 5.91 Å². The number of carbonyl (C=O) groups excluding carboxylic acids is 1. The van der Waals surface area contributed by atoms with Gasteiger partial charge in [-0.15, -0.1) is 0 Å². The first-order valence-corrected chi connectivity index (χ1v) is 8.38. The van der Waals surface area contributed by atoms with E-state index in [0.717, 1.165) is 13.1 Å². The van der Waals surface area contributed by atoms with Crippen LogP contribution in [0, 0.1) is 5.92 Å². The monoisotopic (exact) mass is 304 g/mol. The molecule has 0 radical (unpaired) electrons. The van der Waals surface area contributed by atoms with Crippen LogP contribution in [0.5, 0.6) is 0 Å². The topological polar surface area (TPSA) is 52.6 Å². The summed E-state index contributed by atoms with van der Waals surface area (Å²) in [6.07, 6.45) is 4.41. The molecule has 1 saturated heterocycles. The second-order valence-electron chi connectivity index (χ2n) is 6.43. The highest BCUT2D eigenvalue weighted by atomic mass is 16.3. The van der Waals surface area contributed by atoms with Gasteiger partial charge in [-0.25, -0.2) is 0 Å². The standard InChI is InChI=1S/C18H28N2O2/c1-14(2)17(10-13-21)19-18(22)15-6-8-16(9-7-15)20-11-4-3-5-12-20/h6-9,14,17,21H,3-5,10-13H2,1-2H3,(H,19,22). The normalized spacial score (nSPS) is 16.6. The zero-order valence-electron chi connectivity index (χ0n) is 13.7. The zero-order chi connectivity index (χ0) is 15.9. The summed E-state index contributed by atoms with van der Waals surface area (Å²) in [4.78, 5) is 14.7. The maximum absolute atomic E-state index is 12.3. The van der Waals surface area contributed by atoms with E-state index in [-0.39, 0.29) is 18.6 Å². The van der Waals surface area contributed by atoms with E-state index in [1.807, 2.05) is 24.3 Å². The Kier molecular flexibility index (Phi) is 6.25. The lowest BCUT2D eigenvalue weighted by Crippen LogP contribution is -2.39. The van der Waals surface area contributed by atoms with E-state index in [9.17, 15) is 4.79 Å². The van der Waals surface area contributed by atoms with Gasteiger partial charge in [0.15, 0.2) is 0 Å². The number of aliphatic hydroxyl groups is 1. The molecule has 1 aliphatic heterocycles. The third kappa shape index (κ3) is 4.47. The number of benzene rings is 1. The number of nitrogens with one attached hydrogen (secondary N) is 1. The van der Waals surface area contributed by atoms with E-state index in [1.54, 1.807) is 0 Å². The molecule has 122 valence electrons. The molecule has 1 amide bonds. The molecule has 1 atom stereocenters. The molecule has 1 aromatic carbocycles. The lowest BCUT2D eigenvalue weighted by atomic mass is 10.0. The van der Waals surface area contributed by atoms with E-state index < -0.39 is 0 Å². The summed E-state index contributed by atoms with van der Waals surface area (Å²) in [6, 6.07) is 7.89. The Labute approximate surface area is 133 Å². The highest BCUT2D eigenvalue weighted by Gasteiger charge is 2.17. The van der Waals surface area contributed by atoms with Gasteiger partial charge < -0.3 is 15.3 Å². The molecule has 0 bridgehead atoms. The second kappa shape index (κ2) is 8.18. The van der Waals surface area contributed by atoms with Crippen LogP contribution in [0.2, 0.25) is 0 Å². The van der Waals surface area contributed by atoms with Crippen molar-refractivity contribution in [1.29, 1.82) is 0 Å². The number of piperidine rings is 1. The molecule has 2 rings (SSSR count). The van der Waals surface area contributed by atoms with Crippen LogP contribution in [-0.4, -0.2) is 36.8 Å². The molecular weight excluding hydrogens is 276 g/mol. The molecular formula is C18H28N2O2. The molecule has 1 aliphatic rings. The molecule has 1 unspecified atom stereocenters. The van der Waals surface area contributed by atoms with E-state index in [4.69, 9.17) is 5.11 Å². The first kappa shape index (κ1) is 16.8. The highest BCUT2D eigenvalue weighted by molar-refractivity contribution is 5.94. The minimum Gasteiger partial charge on any atom is -0.396 e. The molecule has 2 N–H and O–H groups in total. The second-order valence-corrected chi connectivity index (χ2v) is 6.43. The van der Waals surface area contributed by atoms with Crippen LogP contribution >= 0.6 is 0 Å². The van der Waals surface area contributed by atoms with Crippen LogP contribution in [0.25, 0.3) is 0 Å². The van der Waals surface area contributed by atoms with Gasteiger partial charge >= 0.3 is 0 Å². The van der Waals surface area contributed by atoms with Crippen molar-refractivity contribution in [2.24, 2.45) is 5.92 Å². The predicted octanol–water partition coefficient (Wildman–Crippen LogP) is 2.81. The Morgan fingerprint density at radius 3 is 2.36 bits per heavy atom. The maximum atomic E-state index is 12.3. The number of rotatable bonds is 6. The van der Waals surface area contributed by atoms with Crippen LogP contribution < -0.4 is 10.2 Å². The average molecular weight is 304 g/mol. The fraction of sp³-hybridized carbons (Fsp3) is 0.611. The smallest absolute Gasteiger partial charge is 0.251 e. The molecule has 4 nitrogen and oxygen atoms in total. The van der Waals surface area contributed by atoms with Gasteiger partial charge in [0, 0.05) is 37.0 Å². The fourth-order valence-electron chi connectivity index (χ4n) is 2.94. The highest BCUT2D eigenvalue weighted by Crippen LogP contribution is 2.20. The molecule has 1 aromatic rings. The minimum absolute atomic E-state index is 0.0132. The number of hydrogen-bond donors (Lipinski definition) is 2. The Bertz CT molecular complexity index is 464. The largest absolute Gasteiger partial charge is 0.396 e.